The Labute approximate surface area is 181 Å². The van der Waals surface area contributed by atoms with Crippen LogP contribution in [0.2, 0.25) is 0 Å². The normalized spacial score (nSPS) is 11.2. The van der Waals surface area contributed by atoms with Crippen molar-refractivity contribution < 1.29 is 0 Å². The number of nitrogens with zero attached hydrogens (tertiary/aromatic N) is 2. The zero-order valence-corrected chi connectivity index (χ0v) is 18.0. The minimum Gasteiger partial charge on any atom is -0.381 e. The van der Waals surface area contributed by atoms with Gasteiger partial charge in [-0.1, -0.05) is 56.3 Å². The van der Waals surface area contributed by atoms with Gasteiger partial charge in [-0.3, -0.25) is 13.9 Å². The fourth-order valence-electron chi connectivity index (χ4n) is 3.87. The van der Waals surface area contributed by atoms with Crippen molar-refractivity contribution in [2.24, 2.45) is 0 Å². The summed E-state index contributed by atoms with van der Waals surface area (Å²) in [5.74, 6) is 0. The molecule has 0 radical (unpaired) electrons. The summed E-state index contributed by atoms with van der Waals surface area (Å²) in [6.07, 6.45) is 1.56. The van der Waals surface area contributed by atoms with Crippen molar-refractivity contribution in [2.75, 3.05) is 5.32 Å². The molecular weight excluding hydrogens is 388 g/mol. The third-order valence-corrected chi connectivity index (χ3v) is 5.44. The van der Waals surface area contributed by atoms with Crippen molar-refractivity contribution in [1.29, 1.82) is 0 Å². The van der Waals surface area contributed by atoms with Crippen LogP contribution in [0.15, 0.2) is 70.3 Å². The third kappa shape index (κ3) is 4.19. The maximum Gasteiger partial charge on any atom is 0.331 e. The molecule has 0 spiro atoms. The highest BCUT2D eigenvalue weighted by molar-refractivity contribution is 5.82. The molecule has 6 heteroatoms. The molecule has 2 N–H and O–H groups in total. The van der Waals surface area contributed by atoms with E-state index in [0.29, 0.717) is 24.1 Å². The van der Waals surface area contributed by atoms with Gasteiger partial charge in [-0.15, -0.1) is 0 Å². The quantitative estimate of drug-likeness (QED) is 0.441. The topological polar surface area (TPSA) is 71.8 Å². The Morgan fingerprint density at radius 2 is 1.55 bits per heavy atom. The monoisotopic (exact) mass is 416 g/mol. The SMILES string of the molecule is CCCn1c(=O)c2[nH]c(-c3ccc(CNc4ccccc4)cc3)cc2n(CCC)c1=O. The van der Waals surface area contributed by atoms with Gasteiger partial charge in [0.25, 0.3) is 5.56 Å². The largest absolute Gasteiger partial charge is 0.381 e. The van der Waals surface area contributed by atoms with E-state index in [9.17, 15) is 9.59 Å². The number of fused-ring (bicyclic) bond motifs is 1. The van der Waals surface area contributed by atoms with Crippen molar-refractivity contribution in [3.63, 3.8) is 0 Å². The molecule has 0 atom stereocenters. The van der Waals surface area contributed by atoms with Crippen LogP contribution in [0.5, 0.6) is 0 Å². The van der Waals surface area contributed by atoms with Crippen LogP contribution >= 0.6 is 0 Å². The summed E-state index contributed by atoms with van der Waals surface area (Å²) < 4.78 is 3.06. The predicted molar refractivity (Wildman–Crippen MR) is 127 cm³/mol. The Kier molecular flexibility index (Phi) is 6.07. The number of aromatic nitrogens is 3. The van der Waals surface area contributed by atoms with Crippen LogP contribution in [0.3, 0.4) is 0 Å². The molecule has 2 heterocycles. The molecule has 4 rings (SSSR count). The average molecular weight is 417 g/mol. The third-order valence-electron chi connectivity index (χ3n) is 5.44. The molecular formula is C25H28N4O2. The lowest BCUT2D eigenvalue weighted by Gasteiger charge is -2.10. The lowest BCUT2D eigenvalue weighted by molar-refractivity contribution is 0.558. The summed E-state index contributed by atoms with van der Waals surface area (Å²) >= 11 is 0. The van der Waals surface area contributed by atoms with E-state index >= 15 is 0 Å². The molecule has 6 nitrogen and oxygen atoms in total. The lowest BCUT2D eigenvalue weighted by atomic mass is 10.1. The predicted octanol–water partition coefficient (Wildman–Crippen LogP) is 4.59. The molecule has 0 aliphatic carbocycles. The first-order valence-corrected chi connectivity index (χ1v) is 10.9. The highest BCUT2D eigenvalue weighted by atomic mass is 16.2. The number of anilines is 1. The van der Waals surface area contributed by atoms with E-state index in [4.69, 9.17) is 0 Å². The maximum atomic E-state index is 12.9. The summed E-state index contributed by atoms with van der Waals surface area (Å²) in [4.78, 5) is 29.1. The van der Waals surface area contributed by atoms with Crippen molar-refractivity contribution >= 4 is 16.7 Å². The van der Waals surface area contributed by atoms with Gasteiger partial charge in [0.15, 0.2) is 0 Å². The number of aromatic amines is 1. The zero-order valence-electron chi connectivity index (χ0n) is 18.0. The molecule has 0 aliphatic heterocycles. The Bertz CT molecular complexity index is 1280. The zero-order chi connectivity index (χ0) is 21.8. The minimum absolute atomic E-state index is 0.228. The van der Waals surface area contributed by atoms with Crippen molar-refractivity contribution in [3.8, 4) is 11.3 Å². The van der Waals surface area contributed by atoms with Gasteiger partial charge in [-0.2, -0.15) is 0 Å². The standard InChI is InChI=1S/C25H28N4O2/c1-3-14-28-22-16-21(27-23(22)24(30)29(15-4-2)25(28)31)19-12-10-18(11-13-19)17-26-20-8-6-5-7-9-20/h5-13,16,26-27H,3-4,14-15,17H2,1-2H3. The molecule has 0 saturated carbocycles. The fraction of sp³-hybridized carbons (Fsp3) is 0.280. The van der Waals surface area contributed by atoms with Gasteiger partial charge in [0, 0.05) is 31.0 Å². The van der Waals surface area contributed by atoms with Gasteiger partial charge >= 0.3 is 5.69 Å². The molecule has 0 amide bonds. The summed E-state index contributed by atoms with van der Waals surface area (Å²) in [6, 6.07) is 20.2. The van der Waals surface area contributed by atoms with Crippen LogP contribution in [-0.2, 0) is 19.6 Å². The molecule has 0 bridgehead atoms. The number of benzene rings is 2. The van der Waals surface area contributed by atoms with Crippen molar-refractivity contribution in [1.82, 2.24) is 14.1 Å². The van der Waals surface area contributed by atoms with Gasteiger partial charge in [-0.25, -0.2) is 4.79 Å². The van der Waals surface area contributed by atoms with Gasteiger partial charge in [0.2, 0.25) is 0 Å². The second-order valence-corrected chi connectivity index (χ2v) is 7.75. The second-order valence-electron chi connectivity index (χ2n) is 7.75. The number of hydrogen-bond donors (Lipinski definition) is 2. The Morgan fingerprint density at radius 3 is 2.23 bits per heavy atom. The number of rotatable bonds is 8. The number of nitrogens with one attached hydrogen (secondary N) is 2. The van der Waals surface area contributed by atoms with Gasteiger partial charge in [-0.05, 0) is 42.2 Å². The molecule has 0 saturated heterocycles. The Hall–Kier alpha value is -3.54. The van der Waals surface area contributed by atoms with Crippen molar-refractivity contribution in [3.05, 3.63) is 87.1 Å². The molecule has 2 aromatic heterocycles. The summed E-state index contributed by atoms with van der Waals surface area (Å²) in [5.41, 5.74) is 4.76. The van der Waals surface area contributed by atoms with E-state index in [1.165, 1.54) is 4.57 Å². The highest BCUT2D eigenvalue weighted by Crippen LogP contribution is 2.23. The highest BCUT2D eigenvalue weighted by Gasteiger charge is 2.15. The lowest BCUT2D eigenvalue weighted by Crippen LogP contribution is -2.39. The van der Waals surface area contributed by atoms with E-state index in [1.807, 2.05) is 62.4 Å². The van der Waals surface area contributed by atoms with E-state index in [1.54, 1.807) is 4.57 Å². The molecule has 0 fully saturated rings. The molecule has 31 heavy (non-hydrogen) atoms. The first-order chi connectivity index (χ1) is 15.1. The van der Waals surface area contributed by atoms with E-state index < -0.39 is 0 Å². The number of aryl methyl sites for hydroxylation is 1. The number of para-hydroxylation sites is 1. The van der Waals surface area contributed by atoms with Gasteiger partial charge in [0.1, 0.15) is 5.52 Å². The fourth-order valence-corrected chi connectivity index (χ4v) is 3.87. The van der Waals surface area contributed by atoms with Crippen LogP contribution < -0.4 is 16.6 Å². The minimum atomic E-state index is -0.246. The van der Waals surface area contributed by atoms with Crippen LogP contribution in [-0.4, -0.2) is 14.1 Å². The molecule has 0 aliphatic rings. The van der Waals surface area contributed by atoms with Crippen LogP contribution in [0.1, 0.15) is 32.3 Å². The maximum absolute atomic E-state index is 12.9. The Morgan fingerprint density at radius 1 is 0.871 bits per heavy atom. The second kappa shape index (κ2) is 9.08. The van der Waals surface area contributed by atoms with Gasteiger partial charge in [0.05, 0.1) is 5.52 Å². The van der Waals surface area contributed by atoms with E-state index in [-0.39, 0.29) is 11.2 Å². The number of H-pyrrole nitrogens is 1. The Balaban J connectivity index is 1.66. The molecule has 0 unspecified atom stereocenters. The van der Waals surface area contributed by atoms with Crippen LogP contribution in [0.4, 0.5) is 5.69 Å². The van der Waals surface area contributed by atoms with Gasteiger partial charge < -0.3 is 10.3 Å². The van der Waals surface area contributed by atoms with E-state index in [0.717, 1.165) is 41.9 Å². The molecule has 4 aromatic rings. The average Bonchev–Trinajstić information content (AvgIpc) is 3.25. The van der Waals surface area contributed by atoms with Crippen LogP contribution in [0, 0.1) is 0 Å². The summed E-state index contributed by atoms with van der Waals surface area (Å²) in [7, 11) is 0. The first kappa shape index (κ1) is 20.7. The summed E-state index contributed by atoms with van der Waals surface area (Å²) in [5, 5.41) is 3.41. The van der Waals surface area contributed by atoms with Crippen LogP contribution in [0.25, 0.3) is 22.3 Å². The van der Waals surface area contributed by atoms with E-state index in [2.05, 4.69) is 22.4 Å². The first-order valence-electron chi connectivity index (χ1n) is 10.9. The smallest absolute Gasteiger partial charge is 0.331 e. The molecule has 2 aromatic carbocycles. The number of hydrogen-bond acceptors (Lipinski definition) is 3. The molecule has 160 valence electrons. The summed E-state index contributed by atoms with van der Waals surface area (Å²) in [6.45, 7) is 5.74. The van der Waals surface area contributed by atoms with Crippen molar-refractivity contribution in [2.45, 2.75) is 46.3 Å².